The van der Waals surface area contributed by atoms with Crippen molar-refractivity contribution in [2.75, 3.05) is 11.9 Å². The molecule has 88 valence electrons. The van der Waals surface area contributed by atoms with Crippen LogP contribution in [0.3, 0.4) is 0 Å². The van der Waals surface area contributed by atoms with Gasteiger partial charge in [0.15, 0.2) is 0 Å². The van der Waals surface area contributed by atoms with Crippen molar-refractivity contribution in [1.82, 2.24) is 4.98 Å². The van der Waals surface area contributed by atoms with Crippen LogP contribution in [0.1, 0.15) is 6.92 Å². The molecule has 3 nitrogen and oxygen atoms in total. The van der Waals surface area contributed by atoms with Gasteiger partial charge in [-0.3, -0.25) is 4.98 Å². The lowest BCUT2D eigenvalue weighted by Gasteiger charge is -2.08. The summed E-state index contributed by atoms with van der Waals surface area (Å²) >= 11 is 3.44. The van der Waals surface area contributed by atoms with E-state index in [-0.39, 0.29) is 0 Å². The quantitative estimate of drug-likeness (QED) is 0.922. The van der Waals surface area contributed by atoms with Gasteiger partial charge in [-0.25, -0.2) is 0 Å². The van der Waals surface area contributed by atoms with Gasteiger partial charge in [0.2, 0.25) is 0 Å². The van der Waals surface area contributed by atoms with E-state index in [1.165, 1.54) is 0 Å². The number of para-hydroxylation sites is 1. The highest BCUT2D eigenvalue weighted by atomic mass is 79.9. The zero-order chi connectivity index (χ0) is 12.1. The van der Waals surface area contributed by atoms with Crippen LogP contribution < -0.4 is 10.1 Å². The number of aromatic nitrogens is 1. The second-order valence-electron chi connectivity index (χ2n) is 3.47. The van der Waals surface area contributed by atoms with Crippen molar-refractivity contribution in [2.24, 2.45) is 0 Å². The molecule has 0 aliphatic rings. The Morgan fingerprint density at radius 2 is 2.12 bits per heavy atom. The second kappa shape index (κ2) is 5.68. The smallest absolute Gasteiger partial charge is 0.147 e. The number of nitrogens with one attached hydrogen (secondary N) is 1. The van der Waals surface area contributed by atoms with Crippen LogP contribution in [-0.2, 0) is 0 Å². The molecule has 4 heteroatoms. The molecule has 0 unspecified atom stereocenters. The molecule has 0 aliphatic heterocycles. The van der Waals surface area contributed by atoms with E-state index in [2.05, 4.69) is 26.2 Å². The maximum absolute atomic E-state index is 5.75. The molecule has 1 heterocycles. The molecule has 0 aliphatic carbocycles. The molecular formula is C13H13BrN2O. The minimum absolute atomic E-state index is 0.718. The lowest BCUT2D eigenvalue weighted by molar-refractivity contribution is 0.477. The molecule has 0 spiro atoms. The highest BCUT2D eigenvalue weighted by Gasteiger charge is 2.02. The van der Waals surface area contributed by atoms with Crippen molar-refractivity contribution in [3.8, 4) is 11.5 Å². The number of halogens is 1. The maximum Gasteiger partial charge on any atom is 0.147 e. The van der Waals surface area contributed by atoms with Crippen LogP contribution in [0.4, 0.5) is 5.69 Å². The Morgan fingerprint density at radius 3 is 2.88 bits per heavy atom. The van der Waals surface area contributed by atoms with Gasteiger partial charge in [0.25, 0.3) is 0 Å². The van der Waals surface area contributed by atoms with Gasteiger partial charge in [-0.2, -0.15) is 0 Å². The lowest BCUT2D eigenvalue weighted by atomic mass is 10.3. The Morgan fingerprint density at radius 1 is 1.29 bits per heavy atom. The normalized spacial score (nSPS) is 10.0. The van der Waals surface area contributed by atoms with Crippen molar-refractivity contribution < 1.29 is 4.74 Å². The highest BCUT2D eigenvalue weighted by Crippen LogP contribution is 2.29. The van der Waals surface area contributed by atoms with Gasteiger partial charge in [-0.15, -0.1) is 0 Å². The van der Waals surface area contributed by atoms with Crippen LogP contribution in [0.25, 0.3) is 0 Å². The van der Waals surface area contributed by atoms with Crippen LogP contribution in [0.5, 0.6) is 11.5 Å². The Kier molecular flexibility index (Phi) is 3.98. The van der Waals surface area contributed by atoms with Crippen molar-refractivity contribution in [3.05, 3.63) is 47.2 Å². The molecule has 0 amide bonds. The summed E-state index contributed by atoms with van der Waals surface area (Å²) < 4.78 is 6.67. The summed E-state index contributed by atoms with van der Waals surface area (Å²) in [6.07, 6.45) is 3.47. The number of ether oxygens (including phenoxy) is 1. The first-order chi connectivity index (χ1) is 8.29. The second-order valence-corrected chi connectivity index (χ2v) is 4.33. The number of rotatable bonds is 4. The summed E-state index contributed by atoms with van der Waals surface area (Å²) in [5.74, 6) is 1.50. The first kappa shape index (κ1) is 11.9. The molecule has 2 aromatic rings. The van der Waals surface area contributed by atoms with E-state index in [0.29, 0.717) is 0 Å². The first-order valence-electron chi connectivity index (χ1n) is 5.41. The van der Waals surface area contributed by atoms with E-state index in [0.717, 1.165) is 28.2 Å². The Labute approximate surface area is 109 Å². The van der Waals surface area contributed by atoms with Gasteiger partial charge >= 0.3 is 0 Å². The third kappa shape index (κ3) is 3.20. The number of pyridine rings is 1. The maximum atomic E-state index is 5.75. The molecule has 1 aromatic heterocycles. The number of anilines is 1. The minimum Gasteiger partial charge on any atom is -0.454 e. The fourth-order valence-electron chi connectivity index (χ4n) is 1.43. The molecule has 2 rings (SSSR count). The van der Waals surface area contributed by atoms with Crippen molar-refractivity contribution in [2.45, 2.75) is 6.92 Å². The van der Waals surface area contributed by atoms with Crippen molar-refractivity contribution in [1.29, 1.82) is 0 Å². The van der Waals surface area contributed by atoms with Crippen molar-refractivity contribution in [3.63, 3.8) is 0 Å². The van der Waals surface area contributed by atoms with Crippen LogP contribution in [0.15, 0.2) is 47.2 Å². The van der Waals surface area contributed by atoms with E-state index >= 15 is 0 Å². The van der Waals surface area contributed by atoms with E-state index in [1.54, 1.807) is 12.4 Å². The average Bonchev–Trinajstić information content (AvgIpc) is 2.33. The van der Waals surface area contributed by atoms with Gasteiger partial charge in [0, 0.05) is 12.6 Å². The molecular weight excluding hydrogens is 280 g/mol. The highest BCUT2D eigenvalue weighted by molar-refractivity contribution is 9.10. The molecule has 0 radical (unpaired) electrons. The Hall–Kier alpha value is -1.55. The van der Waals surface area contributed by atoms with Gasteiger partial charge in [-0.05, 0) is 35.0 Å². The van der Waals surface area contributed by atoms with Gasteiger partial charge in [0.1, 0.15) is 11.5 Å². The predicted octanol–water partition coefficient (Wildman–Crippen LogP) is 4.07. The van der Waals surface area contributed by atoms with Gasteiger partial charge in [-0.1, -0.05) is 12.1 Å². The van der Waals surface area contributed by atoms with E-state index in [1.807, 2.05) is 37.3 Å². The first-order valence-corrected chi connectivity index (χ1v) is 6.20. The molecule has 1 N–H and O–H groups in total. The summed E-state index contributed by atoms with van der Waals surface area (Å²) in [5, 5.41) is 3.19. The van der Waals surface area contributed by atoms with E-state index < -0.39 is 0 Å². The molecule has 0 atom stereocenters. The minimum atomic E-state index is 0.718. The molecule has 0 fully saturated rings. The standard InChI is InChI=1S/C13H13BrN2O/c1-2-16-10-7-11(9-15-8-10)17-13-6-4-3-5-12(13)14/h3-9,16H,2H2,1H3. The molecule has 0 saturated heterocycles. The SMILES string of the molecule is CCNc1cncc(Oc2ccccc2Br)c1. The average molecular weight is 293 g/mol. The number of hydrogen-bond acceptors (Lipinski definition) is 3. The third-order valence-electron chi connectivity index (χ3n) is 2.16. The topological polar surface area (TPSA) is 34.2 Å². The summed E-state index contributed by atoms with van der Waals surface area (Å²) in [5.41, 5.74) is 0.956. The monoisotopic (exact) mass is 292 g/mol. The van der Waals surface area contributed by atoms with Crippen LogP contribution in [0.2, 0.25) is 0 Å². The summed E-state index contributed by atoms with van der Waals surface area (Å²) in [7, 11) is 0. The predicted molar refractivity (Wildman–Crippen MR) is 72.6 cm³/mol. The largest absolute Gasteiger partial charge is 0.454 e. The van der Waals surface area contributed by atoms with Crippen molar-refractivity contribution >= 4 is 21.6 Å². The Bertz CT molecular complexity index is 502. The zero-order valence-corrected chi connectivity index (χ0v) is 11.1. The number of hydrogen-bond donors (Lipinski definition) is 1. The van der Waals surface area contributed by atoms with Crippen LogP contribution >= 0.6 is 15.9 Å². The molecule has 0 bridgehead atoms. The lowest BCUT2D eigenvalue weighted by Crippen LogP contribution is -1.97. The number of benzene rings is 1. The van der Waals surface area contributed by atoms with E-state index in [4.69, 9.17) is 4.74 Å². The molecule has 0 saturated carbocycles. The Balaban J connectivity index is 2.18. The zero-order valence-electron chi connectivity index (χ0n) is 9.48. The number of nitrogens with zero attached hydrogens (tertiary/aromatic N) is 1. The fraction of sp³-hybridized carbons (Fsp3) is 0.154. The summed E-state index contributed by atoms with van der Waals surface area (Å²) in [6.45, 7) is 2.90. The summed E-state index contributed by atoms with van der Waals surface area (Å²) in [6, 6.07) is 9.66. The summed E-state index contributed by atoms with van der Waals surface area (Å²) in [4.78, 5) is 4.13. The fourth-order valence-corrected chi connectivity index (χ4v) is 1.80. The van der Waals surface area contributed by atoms with Gasteiger partial charge in [0.05, 0.1) is 22.6 Å². The molecule has 17 heavy (non-hydrogen) atoms. The van der Waals surface area contributed by atoms with E-state index in [9.17, 15) is 0 Å². The third-order valence-corrected chi connectivity index (χ3v) is 2.81. The molecule has 1 aromatic carbocycles. The van der Waals surface area contributed by atoms with Gasteiger partial charge < -0.3 is 10.1 Å². The van der Waals surface area contributed by atoms with Crippen LogP contribution in [0, 0.1) is 0 Å². The van der Waals surface area contributed by atoms with Crippen LogP contribution in [-0.4, -0.2) is 11.5 Å².